The molecule has 0 atom stereocenters. The molecular weight excluding hydrogens is 390 g/mol. The molecule has 3 rings (SSSR count). The first kappa shape index (κ1) is 21.0. The first-order chi connectivity index (χ1) is 13.9. The summed E-state index contributed by atoms with van der Waals surface area (Å²) in [6.07, 6.45) is 0. The maximum absolute atomic E-state index is 13.1. The zero-order valence-corrected chi connectivity index (χ0v) is 17.0. The number of hydrogen-bond acceptors (Lipinski definition) is 5. The van der Waals surface area contributed by atoms with Crippen LogP contribution in [-0.4, -0.2) is 61.2 Å². The summed E-state index contributed by atoms with van der Waals surface area (Å²) in [7, 11) is -3.06. The van der Waals surface area contributed by atoms with Crippen molar-refractivity contribution in [1.82, 2.24) is 9.80 Å². The lowest BCUT2D eigenvalue weighted by Gasteiger charge is -2.33. The van der Waals surface area contributed by atoms with Crippen molar-refractivity contribution in [3.05, 3.63) is 71.3 Å². The molecule has 0 aliphatic carbocycles. The van der Waals surface area contributed by atoms with Crippen molar-refractivity contribution in [2.75, 3.05) is 31.1 Å². The number of nitrogens with two attached hydrogens (primary N) is 1. The molecule has 1 saturated heterocycles. The number of carbonyl (C=O) groups excluding carboxylic acids is 2. The van der Waals surface area contributed by atoms with Gasteiger partial charge in [0.1, 0.15) is 0 Å². The van der Waals surface area contributed by atoms with Gasteiger partial charge in [0, 0.05) is 31.7 Å². The second kappa shape index (κ2) is 9.19. The molecule has 8 heteroatoms. The second-order valence-electron chi connectivity index (χ2n) is 7.09. The van der Waals surface area contributed by atoms with E-state index in [1.54, 1.807) is 21.9 Å². The van der Waals surface area contributed by atoms with Gasteiger partial charge in [-0.25, -0.2) is 13.2 Å². The molecule has 0 spiro atoms. The Hall–Kier alpha value is -2.71. The van der Waals surface area contributed by atoms with E-state index in [4.69, 9.17) is 5.73 Å². The summed E-state index contributed by atoms with van der Waals surface area (Å²) < 4.78 is 23.4. The van der Waals surface area contributed by atoms with E-state index in [-0.39, 0.29) is 43.0 Å². The van der Waals surface area contributed by atoms with Crippen molar-refractivity contribution >= 4 is 21.7 Å². The fraction of sp³-hybridized carbons (Fsp3) is 0.333. The average molecular weight is 416 g/mol. The standard InChI is InChI=1S/C21H25N3O4S/c22-14-20(25)19-8-6-18(7-9-19)16-24(15-17-4-2-1-3-5-17)21(26)23-10-12-29(27,28)13-11-23/h1-9H,10-16,22H2. The van der Waals surface area contributed by atoms with E-state index in [0.717, 1.165) is 11.1 Å². The second-order valence-corrected chi connectivity index (χ2v) is 9.39. The van der Waals surface area contributed by atoms with Gasteiger partial charge in [-0.1, -0.05) is 54.6 Å². The van der Waals surface area contributed by atoms with Crippen LogP contribution in [0.2, 0.25) is 0 Å². The quantitative estimate of drug-likeness (QED) is 0.724. The zero-order chi connectivity index (χ0) is 20.9. The Morgan fingerprint density at radius 3 is 2.00 bits per heavy atom. The predicted molar refractivity (Wildman–Crippen MR) is 111 cm³/mol. The number of ketones is 1. The summed E-state index contributed by atoms with van der Waals surface area (Å²) in [6.45, 7) is 1.13. The summed E-state index contributed by atoms with van der Waals surface area (Å²) in [5.74, 6) is -0.148. The lowest BCUT2D eigenvalue weighted by Crippen LogP contribution is -2.49. The summed E-state index contributed by atoms with van der Waals surface area (Å²) in [4.78, 5) is 28.1. The van der Waals surface area contributed by atoms with Crippen molar-refractivity contribution in [3.63, 3.8) is 0 Å². The molecule has 0 bridgehead atoms. The number of carbonyl (C=O) groups is 2. The molecule has 0 aromatic heterocycles. The Bertz CT molecular complexity index is 945. The first-order valence-electron chi connectivity index (χ1n) is 9.48. The molecule has 2 amide bonds. The number of amides is 2. The monoisotopic (exact) mass is 415 g/mol. The molecule has 1 fully saturated rings. The molecule has 0 unspecified atom stereocenters. The number of Topliss-reactive ketones (excluding diaryl/α,β-unsaturated/α-hetero) is 1. The third-order valence-corrected chi connectivity index (χ3v) is 6.55. The van der Waals surface area contributed by atoms with Gasteiger partial charge in [-0.3, -0.25) is 4.79 Å². The van der Waals surface area contributed by atoms with Crippen molar-refractivity contribution in [2.45, 2.75) is 13.1 Å². The van der Waals surface area contributed by atoms with Crippen LogP contribution in [0.4, 0.5) is 4.79 Å². The maximum atomic E-state index is 13.1. The highest BCUT2D eigenvalue weighted by Crippen LogP contribution is 2.15. The molecule has 7 nitrogen and oxygen atoms in total. The fourth-order valence-electron chi connectivity index (χ4n) is 3.23. The highest BCUT2D eigenvalue weighted by atomic mass is 32.2. The van der Waals surface area contributed by atoms with Crippen molar-refractivity contribution < 1.29 is 18.0 Å². The van der Waals surface area contributed by atoms with E-state index in [9.17, 15) is 18.0 Å². The van der Waals surface area contributed by atoms with E-state index >= 15 is 0 Å². The first-order valence-corrected chi connectivity index (χ1v) is 11.3. The van der Waals surface area contributed by atoms with Gasteiger partial charge in [-0.2, -0.15) is 0 Å². The fourth-order valence-corrected chi connectivity index (χ4v) is 4.43. The largest absolute Gasteiger partial charge is 0.324 e. The molecular formula is C21H25N3O4S. The molecule has 2 aromatic rings. The van der Waals surface area contributed by atoms with Crippen LogP contribution in [0.15, 0.2) is 54.6 Å². The zero-order valence-electron chi connectivity index (χ0n) is 16.2. The number of urea groups is 1. The van der Waals surface area contributed by atoms with Crippen molar-refractivity contribution in [2.24, 2.45) is 5.73 Å². The van der Waals surface area contributed by atoms with Crippen LogP contribution in [0.3, 0.4) is 0 Å². The lowest BCUT2D eigenvalue weighted by molar-refractivity contribution is 0.100. The molecule has 154 valence electrons. The molecule has 1 heterocycles. The van der Waals surface area contributed by atoms with Gasteiger partial charge >= 0.3 is 6.03 Å². The molecule has 0 radical (unpaired) electrons. The van der Waals surface area contributed by atoms with Crippen molar-refractivity contribution in [3.8, 4) is 0 Å². The van der Waals surface area contributed by atoms with Crippen molar-refractivity contribution in [1.29, 1.82) is 0 Å². The number of rotatable bonds is 6. The summed E-state index contributed by atoms with van der Waals surface area (Å²) in [6, 6.07) is 16.5. The van der Waals surface area contributed by atoms with Crippen LogP contribution in [0.25, 0.3) is 0 Å². The van der Waals surface area contributed by atoms with E-state index in [2.05, 4.69) is 0 Å². The smallest absolute Gasteiger partial charge is 0.320 e. The van der Waals surface area contributed by atoms with E-state index in [1.165, 1.54) is 0 Å². The molecule has 29 heavy (non-hydrogen) atoms. The number of hydrogen-bond donors (Lipinski definition) is 1. The number of sulfone groups is 1. The van der Waals surface area contributed by atoms with E-state index < -0.39 is 9.84 Å². The average Bonchev–Trinajstić information content (AvgIpc) is 2.73. The van der Waals surface area contributed by atoms with Gasteiger partial charge in [0.25, 0.3) is 0 Å². The SMILES string of the molecule is NCC(=O)c1ccc(CN(Cc2ccccc2)C(=O)N2CCS(=O)(=O)CC2)cc1. The Kier molecular flexibility index (Phi) is 6.66. The Labute approximate surface area is 171 Å². The molecule has 1 aliphatic rings. The number of benzene rings is 2. The molecule has 2 aromatic carbocycles. The normalized spacial score (nSPS) is 15.7. The molecule has 1 aliphatic heterocycles. The predicted octanol–water partition coefficient (Wildman–Crippen LogP) is 1.68. The minimum atomic E-state index is -3.06. The van der Waals surface area contributed by atoms with Crippen LogP contribution >= 0.6 is 0 Å². The Balaban J connectivity index is 1.77. The Morgan fingerprint density at radius 1 is 0.897 bits per heavy atom. The molecule has 0 saturated carbocycles. The van der Waals surface area contributed by atoms with Gasteiger partial charge in [-0.15, -0.1) is 0 Å². The minimum Gasteiger partial charge on any atom is -0.324 e. The summed E-state index contributed by atoms with van der Waals surface area (Å²) >= 11 is 0. The number of nitrogens with zero attached hydrogens (tertiary/aromatic N) is 2. The summed E-state index contributed by atoms with van der Waals surface area (Å²) in [5, 5.41) is 0. The topological polar surface area (TPSA) is 101 Å². The van der Waals surface area contributed by atoms with Crippen LogP contribution < -0.4 is 5.73 Å². The third-order valence-electron chi connectivity index (χ3n) is 4.94. The lowest BCUT2D eigenvalue weighted by atomic mass is 10.1. The summed E-state index contributed by atoms with van der Waals surface area (Å²) in [5.41, 5.74) is 7.81. The van der Waals surface area contributed by atoms with Crippen LogP contribution in [0, 0.1) is 0 Å². The highest BCUT2D eigenvalue weighted by molar-refractivity contribution is 7.91. The van der Waals surface area contributed by atoms with Gasteiger partial charge in [-0.05, 0) is 11.1 Å². The maximum Gasteiger partial charge on any atom is 0.320 e. The Morgan fingerprint density at radius 2 is 1.45 bits per heavy atom. The van der Waals surface area contributed by atoms with Gasteiger partial charge < -0.3 is 15.5 Å². The van der Waals surface area contributed by atoms with Crippen LogP contribution in [0.1, 0.15) is 21.5 Å². The van der Waals surface area contributed by atoms with Gasteiger partial charge in [0.2, 0.25) is 0 Å². The van der Waals surface area contributed by atoms with Gasteiger partial charge in [0.05, 0.1) is 18.1 Å². The minimum absolute atomic E-state index is 0.00614. The third kappa shape index (κ3) is 5.65. The van der Waals surface area contributed by atoms with Crippen LogP contribution in [-0.2, 0) is 22.9 Å². The highest BCUT2D eigenvalue weighted by Gasteiger charge is 2.28. The molecule has 2 N–H and O–H groups in total. The van der Waals surface area contributed by atoms with Gasteiger partial charge in [0.15, 0.2) is 15.6 Å². The van der Waals surface area contributed by atoms with E-state index in [1.807, 2.05) is 42.5 Å². The van der Waals surface area contributed by atoms with E-state index in [0.29, 0.717) is 18.7 Å². The van der Waals surface area contributed by atoms with Crippen LogP contribution in [0.5, 0.6) is 0 Å².